The molecule has 0 saturated carbocycles. The highest BCUT2D eigenvalue weighted by molar-refractivity contribution is 6.34. The van der Waals surface area contributed by atoms with Crippen molar-refractivity contribution in [1.82, 2.24) is 14.1 Å². The Morgan fingerprint density at radius 2 is 1.56 bits per heavy atom. The van der Waals surface area contributed by atoms with Crippen LogP contribution >= 0.6 is 0 Å². The maximum absolute atomic E-state index is 12.7. The highest BCUT2D eigenvalue weighted by atomic mass is 16.2. The normalized spacial score (nSPS) is 13.6. The van der Waals surface area contributed by atoms with Gasteiger partial charge in [-0.3, -0.25) is 23.5 Å². The lowest BCUT2D eigenvalue weighted by molar-refractivity contribution is 0.0924. The second kappa shape index (κ2) is 4.97. The predicted octanol–water partition coefficient (Wildman–Crippen LogP) is 0.433. The molecule has 0 fully saturated rings. The van der Waals surface area contributed by atoms with Gasteiger partial charge in [0.15, 0.2) is 0 Å². The van der Waals surface area contributed by atoms with Crippen LogP contribution in [0.3, 0.4) is 0 Å². The summed E-state index contributed by atoms with van der Waals surface area (Å²) in [4.78, 5) is 54.9. The van der Waals surface area contributed by atoms with Crippen LogP contribution in [-0.4, -0.2) is 25.9 Å². The standard InChI is InChI=1S/C17H12N4O4/c1-19-13-11(14(22)20(2)17(19)25)8-10-12(18-13)16(24)21(15(10)23)9-6-4-3-5-7-9/h3-8H,1-2H3. The topological polar surface area (TPSA) is 94.3 Å². The molecule has 25 heavy (non-hydrogen) atoms. The number of imide groups is 1. The number of pyridine rings is 1. The first-order valence-corrected chi connectivity index (χ1v) is 7.46. The number of aryl methyl sites for hydroxylation is 1. The van der Waals surface area contributed by atoms with Gasteiger partial charge in [-0.2, -0.15) is 0 Å². The summed E-state index contributed by atoms with van der Waals surface area (Å²) in [5.74, 6) is -1.13. The number of hydrogen-bond acceptors (Lipinski definition) is 5. The zero-order valence-corrected chi connectivity index (χ0v) is 13.4. The fourth-order valence-corrected chi connectivity index (χ4v) is 2.96. The third-order valence-electron chi connectivity index (χ3n) is 4.28. The molecule has 0 aliphatic carbocycles. The summed E-state index contributed by atoms with van der Waals surface area (Å²) >= 11 is 0. The van der Waals surface area contributed by atoms with Crippen LogP contribution in [0.25, 0.3) is 11.0 Å². The van der Waals surface area contributed by atoms with E-state index in [4.69, 9.17) is 0 Å². The Labute approximate surface area is 140 Å². The first-order valence-electron chi connectivity index (χ1n) is 7.46. The van der Waals surface area contributed by atoms with Gasteiger partial charge in [0.1, 0.15) is 11.3 Å². The molecular weight excluding hydrogens is 324 g/mol. The van der Waals surface area contributed by atoms with E-state index in [1.54, 1.807) is 30.3 Å². The number of anilines is 1. The molecule has 2 amide bonds. The average molecular weight is 336 g/mol. The molecule has 2 aromatic heterocycles. The number of amides is 2. The second-order valence-electron chi connectivity index (χ2n) is 5.74. The maximum Gasteiger partial charge on any atom is 0.332 e. The van der Waals surface area contributed by atoms with Crippen LogP contribution in [0.4, 0.5) is 5.69 Å². The van der Waals surface area contributed by atoms with Gasteiger partial charge in [-0.05, 0) is 18.2 Å². The Hall–Kier alpha value is -3.55. The van der Waals surface area contributed by atoms with E-state index in [-0.39, 0.29) is 22.3 Å². The highest BCUT2D eigenvalue weighted by Gasteiger charge is 2.39. The molecule has 1 aliphatic rings. The molecule has 0 radical (unpaired) electrons. The van der Waals surface area contributed by atoms with Gasteiger partial charge < -0.3 is 0 Å². The van der Waals surface area contributed by atoms with Crippen molar-refractivity contribution in [3.8, 4) is 0 Å². The summed E-state index contributed by atoms with van der Waals surface area (Å²) in [6.45, 7) is 0. The lowest BCUT2D eigenvalue weighted by Crippen LogP contribution is -2.37. The van der Waals surface area contributed by atoms with E-state index >= 15 is 0 Å². The lowest BCUT2D eigenvalue weighted by Gasteiger charge is -2.12. The van der Waals surface area contributed by atoms with Crippen molar-refractivity contribution < 1.29 is 9.59 Å². The molecule has 8 heteroatoms. The van der Waals surface area contributed by atoms with Gasteiger partial charge >= 0.3 is 5.69 Å². The Bertz CT molecular complexity index is 1190. The zero-order valence-electron chi connectivity index (χ0n) is 13.4. The minimum Gasteiger partial charge on any atom is -0.280 e. The van der Waals surface area contributed by atoms with E-state index in [9.17, 15) is 19.2 Å². The summed E-state index contributed by atoms with van der Waals surface area (Å²) in [5, 5.41) is 0.111. The van der Waals surface area contributed by atoms with Crippen LogP contribution in [0.1, 0.15) is 20.8 Å². The minimum atomic E-state index is -0.582. The molecule has 1 aliphatic heterocycles. The number of hydrogen-bond donors (Lipinski definition) is 0. The molecular formula is C17H12N4O4. The molecule has 0 atom stereocenters. The van der Waals surface area contributed by atoms with Crippen LogP contribution < -0.4 is 16.1 Å². The SMILES string of the molecule is Cn1c(=O)c2cc3c(nc2n(C)c1=O)C(=O)N(c1ccccc1)C3=O. The van der Waals surface area contributed by atoms with Crippen molar-refractivity contribution in [2.75, 3.05) is 4.90 Å². The van der Waals surface area contributed by atoms with Gasteiger partial charge in [-0.1, -0.05) is 18.2 Å². The number of benzene rings is 1. The molecule has 124 valence electrons. The first-order chi connectivity index (χ1) is 11.9. The third-order valence-corrected chi connectivity index (χ3v) is 4.28. The summed E-state index contributed by atoms with van der Waals surface area (Å²) in [5.41, 5.74) is -0.639. The Morgan fingerprint density at radius 3 is 2.24 bits per heavy atom. The maximum atomic E-state index is 12.7. The lowest BCUT2D eigenvalue weighted by atomic mass is 10.2. The molecule has 0 bridgehead atoms. The van der Waals surface area contributed by atoms with Crippen LogP contribution in [0.5, 0.6) is 0 Å². The molecule has 0 N–H and O–H groups in total. The number of fused-ring (bicyclic) bond motifs is 2. The van der Waals surface area contributed by atoms with E-state index in [0.717, 1.165) is 9.47 Å². The molecule has 3 heterocycles. The van der Waals surface area contributed by atoms with Gasteiger partial charge in [0.05, 0.1) is 16.6 Å². The van der Waals surface area contributed by atoms with E-state index in [1.807, 2.05) is 0 Å². The Balaban J connectivity index is 2.03. The van der Waals surface area contributed by atoms with E-state index < -0.39 is 23.1 Å². The van der Waals surface area contributed by atoms with Crippen LogP contribution in [0.15, 0.2) is 46.0 Å². The number of carbonyl (C=O) groups excluding carboxylic acids is 2. The van der Waals surface area contributed by atoms with Crippen molar-refractivity contribution in [2.45, 2.75) is 0 Å². The van der Waals surface area contributed by atoms with Crippen molar-refractivity contribution >= 4 is 28.5 Å². The molecule has 4 rings (SSSR count). The van der Waals surface area contributed by atoms with Crippen molar-refractivity contribution in [2.24, 2.45) is 14.1 Å². The van der Waals surface area contributed by atoms with Gasteiger partial charge in [0.25, 0.3) is 17.4 Å². The second-order valence-corrected chi connectivity index (χ2v) is 5.74. The molecule has 0 spiro atoms. The fraction of sp³-hybridized carbons (Fsp3) is 0.118. The Morgan fingerprint density at radius 1 is 0.880 bits per heavy atom. The van der Waals surface area contributed by atoms with E-state index in [0.29, 0.717) is 5.69 Å². The number of carbonyl (C=O) groups is 2. The number of nitrogens with zero attached hydrogens (tertiary/aromatic N) is 4. The largest absolute Gasteiger partial charge is 0.332 e. The molecule has 1 aromatic carbocycles. The van der Waals surface area contributed by atoms with Gasteiger partial charge in [0, 0.05) is 14.1 Å². The summed E-state index contributed by atoms with van der Waals surface area (Å²) in [7, 11) is 2.81. The van der Waals surface area contributed by atoms with Gasteiger partial charge in [-0.25, -0.2) is 14.7 Å². The molecule has 3 aromatic rings. The van der Waals surface area contributed by atoms with Gasteiger partial charge in [-0.15, -0.1) is 0 Å². The molecule has 0 saturated heterocycles. The van der Waals surface area contributed by atoms with Gasteiger partial charge in [0.2, 0.25) is 0 Å². The average Bonchev–Trinajstić information content (AvgIpc) is 2.88. The summed E-state index contributed by atoms with van der Waals surface area (Å²) < 4.78 is 2.12. The fourth-order valence-electron chi connectivity index (χ4n) is 2.96. The highest BCUT2D eigenvalue weighted by Crippen LogP contribution is 2.28. The van der Waals surface area contributed by atoms with Crippen molar-refractivity contribution in [1.29, 1.82) is 0 Å². The molecule has 8 nitrogen and oxygen atoms in total. The van der Waals surface area contributed by atoms with Crippen LogP contribution in [0, 0.1) is 0 Å². The quantitative estimate of drug-likeness (QED) is 0.601. The number of rotatable bonds is 1. The first kappa shape index (κ1) is 15.0. The predicted molar refractivity (Wildman–Crippen MR) is 89.8 cm³/mol. The monoisotopic (exact) mass is 336 g/mol. The van der Waals surface area contributed by atoms with Crippen LogP contribution in [0.2, 0.25) is 0 Å². The van der Waals surface area contributed by atoms with E-state index in [1.165, 1.54) is 24.7 Å². The number of aromatic nitrogens is 3. The summed E-state index contributed by atoms with van der Waals surface area (Å²) in [6.07, 6.45) is 0. The smallest absolute Gasteiger partial charge is 0.280 e. The van der Waals surface area contributed by atoms with Crippen LogP contribution in [-0.2, 0) is 14.1 Å². The summed E-state index contributed by atoms with van der Waals surface area (Å²) in [6, 6.07) is 9.80. The number of para-hydroxylation sites is 1. The van der Waals surface area contributed by atoms with Crippen molar-refractivity contribution in [3.05, 3.63) is 68.5 Å². The third kappa shape index (κ3) is 1.90. The van der Waals surface area contributed by atoms with E-state index in [2.05, 4.69) is 4.98 Å². The Kier molecular flexibility index (Phi) is 2.98. The zero-order chi connectivity index (χ0) is 17.9. The van der Waals surface area contributed by atoms with Crippen molar-refractivity contribution in [3.63, 3.8) is 0 Å². The molecule has 0 unspecified atom stereocenters. The minimum absolute atomic E-state index is 0.0529.